The van der Waals surface area contributed by atoms with Gasteiger partial charge in [-0.3, -0.25) is 0 Å². The Morgan fingerprint density at radius 3 is 3.14 bits per heavy atom. The molecule has 0 aromatic rings. The summed E-state index contributed by atoms with van der Waals surface area (Å²) >= 11 is 0. The van der Waals surface area contributed by atoms with Crippen molar-refractivity contribution in [3.63, 3.8) is 0 Å². The molecule has 0 aromatic heterocycles. The normalized spacial score (nSPS) is 35.8. The number of rotatable bonds is 2. The Balaban J connectivity index is 1.72. The van der Waals surface area contributed by atoms with E-state index in [0.29, 0.717) is 6.04 Å². The van der Waals surface area contributed by atoms with Crippen molar-refractivity contribution in [3.8, 4) is 0 Å². The highest BCUT2D eigenvalue weighted by atomic mass is 16.5. The van der Waals surface area contributed by atoms with Gasteiger partial charge >= 0.3 is 0 Å². The molecule has 0 bridgehead atoms. The predicted molar refractivity (Wildman–Crippen MR) is 57.4 cm³/mol. The van der Waals surface area contributed by atoms with E-state index in [9.17, 15) is 0 Å². The summed E-state index contributed by atoms with van der Waals surface area (Å²) in [6.45, 7) is 9.04. The second kappa shape index (κ2) is 5.10. The van der Waals surface area contributed by atoms with Crippen molar-refractivity contribution >= 4 is 0 Å². The number of hydrogen-bond acceptors (Lipinski definition) is 3. The summed E-state index contributed by atoms with van der Waals surface area (Å²) in [6.07, 6.45) is 2.62. The van der Waals surface area contributed by atoms with Crippen LogP contribution in [0.5, 0.6) is 0 Å². The van der Waals surface area contributed by atoms with Gasteiger partial charge in [0.25, 0.3) is 0 Å². The molecule has 2 aliphatic rings. The molecule has 2 rings (SSSR count). The van der Waals surface area contributed by atoms with E-state index in [1.807, 2.05) is 0 Å². The Labute approximate surface area is 86.8 Å². The molecule has 0 saturated carbocycles. The Morgan fingerprint density at radius 2 is 2.43 bits per heavy atom. The van der Waals surface area contributed by atoms with Crippen LogP contribution in [0, 0.1) is 5.92 Å². The fourth-order valence-electron chi connectivity index (χ4n) is 2.49. The third-order valence-electron chi connectivity index (χ3n) is 3.22. The zero-order chi connectivity index (χ0) is 9.80. The monoisotopic (exact) mass is 198 g/mol. The smallest absolute Gasteiger partial charge is 0.0506 e. The minimum Gasteiger partial charge on any atom is -0.381 e. The van der Waals surface area contributed by atoms with Crippen LogP contribution in [-0.2, 0) is 4.74 Å². The minimum atomic E-state index is 0.660. The Kier molecular flexibility index (Phi) is 3.79. The van der Waals surface area contributed by atoms with Crippen LogP contribution in [0.4, 0.5) is 0 Å². The van der Waals surface area contributed by atoms with Gasteiger partial charge in [0, 0.05) is 38.8 Å². The highest BCUT2D eigenvalue weighted by molar-refractivity contribution is 4.77. The summed E-state index contributed by atoms with van der Waals surface area (Å²) in [5.41, 5.74) is 0. The summed E-state index contributed by atoms with van der Waals surface area (Å²) in [5, 5.41) is 3.48. The SMILES string of the molecule is CC1CN(CC2CCCOC2)CCN1. The molecule has 14 heavy (non-hydrogen) atoms. The van der Waals surface area contributed by atoms with E-state index in [1.54, 1.807) is 0 Å². The minimum absolute atomic E-state index is 0.660. The predicted octanol–water partition coefficient (Wildman–Crippen LogP) is 0.707. The average molecular weight is 198 g/mol. The zero-order valence-electron chi connectivity index (χ0n) is 9.17. The van der Waals surface area contributed by atoms with Gasteiger partial charge in [-0.05, 0) is 25.7 Å². The van der Waals surface area contributed by atoms with Crippen LogP contribution >= 0.6 is 0 Å². The van der Waals surface area contributed by atoms with Gasteiger partial charge in [-0.1, -0.05) is 0 Å². The quantitative estimate of drug-likeness (QED) is 0.707. The van der Waals surface area contributed by atoms with Crippen molar-refractivity contribution in [2.24, 2.45) is 5.92 Å². The summed E-state index contributed by atoms with van der Waals surface area (Å²) in [5.74, 6) is 0.786. The second-order valence-corrected chi connectivity index (χ2v) is 4.70. The maximum atomic E-state index is 5.51. The number of hydrogen-bond donors (Lipinski definition) is 1. The first-order valence-corrected chi connectivity index (χ1v) is 5.88. The molecule has 1 N–H and O–H groups in total. The molecule has 2 unspecified atom stereocenters. The van der Waals surface area contributed by atoms with Crippen molar-refractivity contribution in [1.29, 1.82) is 0 Å². The van der Waals surface area contributed by atoms with Gasteiger partial charge in [-0.15, -0.1) is 0 Å². The lowest BCUT2D eigenvalue weighted by atomic mass is 10.0. The van der Waals surface area contributed by atoms with Crippen LogP contribution in [0.2, 0.25) is 0 Å². The van der Waals surface area contributed by atoms with Gasteiger partial charge in [0.05, 0.1) is 6.61 Å². The molecule has 3 heteroatoms. The van der Waals surface area contributed by atoms with Crippen molar-refractivity contribution in [2.45, 2.75) is 25.8 Å². The summed E-state index contributed by atoms with van der Waals surface area (Å²) in [7, 11) is 0. The van der Waals surface area contributed by atoms with E-state index in [4.69, 9.17) is 4.74 Å². The van der Waals surface area contributed by atoms with Crippen molar-refractivity contribution < 1.29 is 4.74 Å². The van der Waals surface area contributed by atoms with Gasteiger partial charge in [0.2, 0.25) is 0 Å². The maximum Gasteiger partial charge on any atom is 0.0506 e. The highest BCUT2D eigenvalue weighted by Crippen LogP contribution is 2.15. The number of nitrogens with one attached hydrogen (secondary N) is 1. The van der Waals surface area contributed by atoms with E-state index in [-0.39, 0.29) is 0 Å². The van der Waals surface area contributed by atoms with E-state index in [0.717, 1.165) is 25.7 Å². The molecule has 0 aromatic carbocycles. The van der Waals surface area contributed by atoms with Crippen molar-refractivity contribution in [1.82, 2.24) is 10.2 Å². The van der Waals surface area contributed by atoms with Gasteiger partial charge in [0.1, 0.15) is 0 Å². The third kappa shape index (κ3) is 2.94. The molecule has 82 valence electrons. The van der Waals surface area contributed by atoms with Gasteiger partial charge in [-0.2, -0.15) is 0 Å². The van der Waals surface area contributed by atoms with Gasteiger partial charge in [-0.25, -0.2) is 0 Å². The molecule has 0 aliphatic carbocycles. The summed E-state index contributed by atoms with van der Waals surface area (Å²) < 4.78 is 5.51. The molecule has 2 aliphatic heterocycles. The lowest BCUT2D eigenvalue weighted by Crippen LogP contribution is -2.50. The Morgan fingerprint density at radius 1 is 1.50 bits per heavy atom. The third-order valence-corrected chi connectivity index (χ3v) is 3.22. The van der Waals surface area contributed by atoms with E-state index < -0.39 is 0 Å². The van der Waals surface area contributed by atoms with Crippen LogP contribution in [0.3, 0.4) is 0 Å². The molecular weight excluding hydrogens is 176 g/mol. The fraction of sp³-hybridized carbons (Fsp3) is 1.00. The number of nitrogens with zero attached hydrogens (tertiary/aromatic N) is 1. The van der Waals surface area contributed by atoms with Gasteiger partial charge < -0.3 is 15.0 Å². The second-order valence-electron chi connectivity index (χ2n) is 4.70. The van der Waals surface area contributed by atoms with E-state index >= 15 is 0 Å². The Bertz CT molecular complexity index is 169. The standard InChI is InChI=1S/C11H22N2O/c1-10-7-13(5-4-12-10)8-11-3-2-6-14-9-11/h10-12H,2-9H2,1H3. The van der Waals surface area contributed by atoms with Crippen molar-refractivity contribution in [2.75, 3.05) is 39.4 Å². The van der Waals surface area contributed by atoms with Crippen LogP contribution in [0.1, 0.15) is 19.8 Å². The molecule has 0 amide bonds. The van der Waals surface area contributed by atoms with Crippen LogP contribution < -0.4 is 5.32 Å². The zero-order valence-corrected chi connectivity index (χ0v) is 9.17. The largest absolute Gasteiger partial charge is 0.381 e. The topological polar surface area (TPSA) is 24.5 Å². The summed E-state index contributed by atoms with van der Waals surface area (Å²) in [6, 6.07) is 0.660. The lowest BCUT2D eigenvalue weighted by Gasteiger charge is -2.35. The Hall–Kier alpha value is -0.120. The molecule has 0 radical (unpaired) electrons. The first kappa shape index (κ1) is 10.4. The molecule has 2 heterocycles. The molecular formula is C11H22N2O. The van der Waals surface area contributed by atoms with Gasteiger partial charge in [0.15, 0.2) is 0 Å². The molecule has 0 spiro atoms. The highest BCUT2D eigenvalue weighted by Gasteiger charge is 2.21. The van der Waals surface area contributed by atoms with E-state index in [2.05, 4.69) is 17.1 Å². The first-order valence-electron chi connectivity index (χ1n) is 5.88. The lowest BCUT2D eigenvalue weighted by molar-refractivity contribution is 0.0344. The molecule has 2 saturated heterocycles. The van der Waals surface area contributed by atoms with Crippen LogP contribution in [0.25, 0.3) is 0 Å². The average Bonchev–Trinajstić information content (AvgIpc) is 2.19. The number of piperazine rings is 1. The molecule has 3 nitrogen and oxygen atoms in total. The number of ether oxygens (including phenoxy) is 1. The maximum absolute atomic E-state index is 5.51. The van der Waals surface area contributed by atoms with E-state index in [1.165, 1.54) is 32.5 Å². The van der Waals surface area contributed by atoms with Crippen LogP contribution in [0.15, 0.2) is 0 Å². The fourth-order valence-corrected chi connectivity index (χ4v) is 2.49. The first-order chi connectivity index (χ1) is 6.84. The van der Waals surface area contributed by atoms with Crippen LogP contribution in [-0.4, -0.2) is 50.3 Å². The molecule has 2 atom stereocenters. The van der Waals surface area contributed by atoms with Crippen molar-refractivity contribution in [3.05, 3.63) is 0 Å². The summed E-state index contributed by atoms with van der Waals surface area (Å²) in [4.78, 5) is 2.58. The molecule has 2 fully saturated rings.